The fraction of sp³-hybridized carbons (Fsp3) is 0.381. The van der Waals surface area contributed by atoms with Crippen LogP contribution >= 0.6 is 11.6 Å². The molecule has 1 atom stereocenters. The number of hydroxylamine groups is 1. The number of amides is 1. The van der Waals surface area contributed by atoms with Crippen LogP contribution in [0, 0.1) is 17.7 Å². The van der Waals surface area contributed by atoms with Crippen LogP contribution < -0.4 is 10.4 Å². The quantitative estimate of drug-likeness (QED) is 0.273. The molecule has 1 fully saturated rings. The van der Waals surface area contributed by atoms with Gasteiger partial charge in [-0.15, -0.1) is 0 Å². The number of carbonyl (C=O) groups excluding carboxylic acids is 1. The van der Waals surface area contributed by atoms with Crippen molar-refractivity contribution >= 4 is 23.2 Å². The number of allylic oxidation sites excluding steroid dienone is 2. The lowest BCUT2D eigenvalue weighted by atomic mass is 10.1. The number of hydrogen-bond donors (Lipinski definition) is 3. The van der Waals surface area contributed by atoms with Gasteiger partial charge < -0.3 is 14.9 Å². The minimum atomic E-state index is -0.963. The SMILES string of the molecule is CN1CCN(C(O)N(CC2=CC=C(C(=O)NO)CC#C2)c2ccc(F)c(Cl)c2)CC1. The van der Waals surface area contributed by atoms with E-state index in [-0.39, 0.29) is 18.0 Å². The van der Waals surface area contributed by atoms with E-state index in [0.717, 1.165) is 13.1 Å². The summed E-state index contributed by atoms with van der Waals surface area (Å²) in [5.41, 5.74) is 3.14. The second kappa shape index (κ2) is 10.1. The molecule has 0 radical (unpaired) electrons. The monoisotopic (exact) mass is 434 g/mol. The second-order valence-corrected chi connectivity index (χ2v) is 7.62. The van der Waals surface area contributed by atoms with Crippen molar-refractivity contribution < 1.29 is 19.5 Å². The maximum atomic E-state index is 13.7. The van der Waals surface area contributed by atoms with E-state index in [1.54, 1.807) is 28.6 Å². The highest BCUT2D eigenvalue weighted by Gasteiger charge is 2.27. The van der Waals surface area contributed by atoms with Crippen LogP contribution in [0.5, 0.6) is 0 Å². The Hall–Kier alpha value is -2.41. The number of piperazine rings is 1. The van der Waals surface area contributed by atoms with E-state index in [4.69, 9.17) is 16.8 Å². The number of benzene rings is 1. The first-order chi connectivity index (χ1) is 14.4. The van der Waals surface area contributed by atoms with Crippen LogP contribution in [0.4, 0.5) is 10.1 Å². The summed E-state index contributed by atoms with van der Waals surface area (Å²) in [5, 5.41) is 19.9. The predicted molar refractivity (Wildman–Crippen MR) is 112 cm³/mol. The highest BCUT2D eigenvalue weighted by Crippen LogP contribution is 2.26. The first-order valence-electron chi connectivity index (χ1n) is 9.54. The Balaban J connectivity index is 1.88. The van der Waals surface area contributed by atoms with Gasteiger partial charge in [0.2, 0.25) is 0 Å². The van der Waals surface area contributed by atoms with Gasteiger partial charge in [0, 0.05) is 49.4 Å². The van der Waals surface area contributed by atoms with Crippen molar-refractivity contribution in [2.45, 2.75) is 12.8 Å². The van der Waals surface area contributed by atoms with Gasteiger partial charge >= 0.3 is 0 Å². The lowest BCUT2D eigenvalue weighted by molar-refractivity contribution is -0.125. The summed E-state index contributed by atoms with van der Waals surface area (Å²) in [5.74, 6) is 4.74. The Bertz CT molecular complexity index is 917. The summed E-state index contributed by atoms with van der Waals surface area (Å²) in [7, 11) is 2.03. The van der Waals surface area contributed by atoms with E-state index in [9.17, 15) is 14.3 Å². The lowest BCUT2D eigenvalue weighted by Crippen LogP contribution is -2.55. The smallest absolute Gasteiger partial charge is 0.271 e. The Labute approximate surface area is 180 Å². The Morgan fingerprint density at radius 1 is 1.33 bits per heavy atom. The fourth-order valence-electron chi connectivity index (χ4n) is 3.28. The second-order valence-electron chi connectivity index (χ2n) is 7.22. The summed E-state index contributed by atoms with van der Waals surface area (Å²) in [4.78, 5) is 17.5. The molecule has 7 nitrogen and oxygen atoms in total. The average molecular weight is 435 g/mol. The predicted octanol–water partition coefficient (Wildman–Crippen LogP) is 1.57. The van der Waals surface area contributed by atoms with Gasteiger partial charge in [-0.1, -0.05) is 29.5 Å². The molecule has 1 aliphatic carbocycles. The van der Waals surface area contributed by atoms with Gasteiger partial charge in [-0.3, -0.25) is 14.9 Å². The van der Waals surface area contributed by atoms with Crippen LogP contribution in [-0.2, 0) is 4.79 Å². The zero-order valence-electron chi connectivity index (χ0n) is 16.6. The molecule has 0 aromatic heterocycles. The van der Waals surface area contributed by atoms with E-state index in [2.05, 4.69) is 16.7 Å². The molecule has 0 saturated carbocycles. The number of aliphatic hydroxyl groups excluding tert-OH is 1. The van der Waals surface area contributed by atoms with Gasteiger partial charge in [0.1, 0.15) is 5.82 Å². The number of likely N-dealkylation sites (N-methyl/N-ethyl adjacent to an activating group) is 1. The van der Waals surface area contributed by atoms with Crippen molar-refractivity contribution in [1.82, 2.24) is 15.3 Å². The van der Waals surface area contributed by atoms with E-state index in [1.165, 1.54) is 12.1 Å². The highest BCUT2D eigenvalue weighted by atomic mass is 35.5. The number of nitrogens with one attached hydrogen (secondary N) is 1. The summed E-state index contributed by atoms with van der Waals surface area (Å²) in [6, 6.07) is 4.30. The first kappa shape index (κ1) is 22.3. The fourth-order valence-corrected chi connectivity index (χ4v) is 3.45. The van der Waals surface area contributed by atoms with Crippen LogP contribution in [0.15, 0.2) is 41.5 Å². The van der Waals surface area contributed by atoms with Crippen LogP contribution in [0.1, 0.15) is 6.42 Å². The molecule has 0 spiro atoms. The molecule has 1 aromatic carbocycles. The summed E-state index contributed by atoms with van der Waals surface area (Å²) >= 11 is 5.98. The van der Waals surface area contributed by atoms with Crippen LogP contribution in [0.3, 0.4) is 0 Å². The van der Waals surface area contributed by atoms with Crippen molar-refractivity contribution in [1.29, 1.82) is 0 Å². The van der Waals surface area contributed by atoms with Crippen molar-refractivity contribution in [3.05, 3.63) is 52.3 Å². The third-order valence-corrected chi connectivity index (χ3v) is 5.42. The van der Waals surface area contributed by atoms with Crippen LogP contribution in [-0.4, -0.2) is 72.1 Å². The topological polar surface area (TPSA) is 79.3 Å². The number of aliphatic hydroxyl groups is 1. The average Bonchev–Trinajstić information content (AvgIpc) is 2.99. The first-order valence-corrected chi connectivity index (χ1v) is 9.92. The summed E-state index contributed by atoms with van der Waals surface area (Å²) in [6.07, 6.45) is 2.48. The van der Waals surface area contributed by atoms with Crippen molar-refractivity contribution in [2.24, 2.45) is 0 Å². The van der Waals surface area contributed by atoms with E-state index >= 15 is 0 Å². The van der Waals surface area contributed by atoms with Gasteiger partial charge in [-0.05, 0) is 31.3 Å². The molecule has 160 valence electrons. The largest absolute Gasteiger partial charge is 0.361 e. The van der Waals surface area contributed by atoms with E-state index < -0.39 is 18.1 Å². The highest BCUT2D eigenvalue weighted by molar-refractivity contribution is 6.31. The molecule has 9 heteroatoms. The molecule has 1 aromatic rings. The molecule has 0 bridgehead atoms. The number of nitrogens with zero attached hydrogens (tertiary/aromatic N) is 3. The minimum Gasteiger partial charge on any atom is -0.361 e. The van der Waals surface area contributed by atoms with Crippen LogP contribution in [0.25, 0.3) is 0 Å². The zero-order valence-corrected chi connectivity index (χ0v) is 17.4. The molecule has 3 N–H and O–H groups in total. The zero-order chi connectivity index (χ0) is 21.7. The molecule has 2 aliphatic rings. The third-order valence-electron chi connectivity index (χ3n) is 5.13. The molecular weight excluding hydrogens is 411 g/mol. The number of carbonyl (C=O) groups is 1. The molecule has 3 rings (SSSR count). The molecule has 1 unspecified atom stereocenters. The molecule has 1 amide bonds. The van der Waals surface area contributed by atoms with Gasteiger partial charge in [0.15, 0.2) is 6.35 Å². The number of anilines is 1. The Morgan fingerprint density at radius 2 is 2.07 bits per heavy atom. The van der Waals surface area contributed by atoms with Crippen molar-refractivity contribution in [3.8, 4) is 11.8 Å². The van der Waals surface area contributed by atoms with Gasteiger partial charge in [0.05, 0.1) is 11.6 Å². The molecule has 1 saturated heterocycles. The molecular formula is C21H24ClFN4O3. The summed E-state index contributed by atoms with van der Waals surface area (Å²) in [6.45, 7) is 3.22. The maximum absolute atomic E-state index is 13.7. The van der Waals surface area contributed by atoms with Gasteiger partial charge in [-0.25, -0.2) is 9.87 Å². The molecule has 1 heterocycles. The maximum Gasteiger partial charge on any atom is 0.271 e. The molecule has 1 aliphatic heterocycles. The van der Waals surface area contributed by atoms with Gasteiger partial charge in [-0.2, -0.15) is 0 Å². The van der Waals surface area contributed by atoms with E-state index in [0.29, 0.717) is 29.9 Å². The standard InChI is InChI=1S/C21H24ClFN4O3/c1-25-9-11-26(12-10-25)21(29)27(17-7-8-19(23)18(22)13-17)14-15-3-2-4-16(6-5-15)20(28)24-30/h5-8,13,21,29-30H,4,9-12,14H2,1H3,(H,24,28). The van der Waals surface area contributed by atoms with Gasteiger partial charge in [0.25, 0.3) is 5.91 Å². The Kier molecular flexibility index (Phi) is 7.48. The number of hydrogen-bond acceptors (Lipinski definition) is 6. The number of rotatable bonds is 6. The number of halogens is 2. The van der Waals surface area contributed by atoms with Crippen molar-refractivity contribution in [3.63, 3.8) is 0 Å². The third kappa shape index (κ3) is 5.39. The van der Waals surface area contributed by atoms with Crippen molar-refractivity contribution in [2.75, 3.05) is 44.7 Å². The van der Waals surface area contributed by atoms with E-state index in [1.807, 2.05) is 11.9 Å². The normalized spacial score (nSPS) is 18.4. The Morgan fingerprint density at radius 3 is 2.73 bits per heavy atom. The summed E-state index contributed by atoms with van der Waals surface area (Å²) < 4.78 is 13.7. The lowest BCUT2D eigenvalue weighted by Gasteiger charge is -2.41. The molecule has 30 heavy (non-hydrogen) atoms. The van der Waals surface area contributed by atoms with Crippen LogP contribution in [0.2, 0.25) is 5.02 Å². The minimum absolute atomic E-state index is 0.0363.